The SMILES string of the molecule is CC(C)C[C@H](NC(=O)[C@H](CCC(=O)O)NC(=O)[C@H](CCCCN)NC(=O)[C@H](CCCCN)NC(=O)[C@H](CC(C)C)NC(=O)[C@H](CC(C)C)NC(=O)[C@H](CCCCN)NC(=O)[C@H](CCCCN)NC(=O)[C@H](CC(C)C)NC(=O)[C@H](CC(C)C)NC(=O)[C@H](CCCCN)NC(=O)[C@H](CCCCN)NC(=O)[C@H](CC(C)C)NC(=O)[C@@H](N)CC(C)C)C(N)=O. The van der Waals surface area contributed by atoms with Crippen molar-refractivity contribution in [3.63, 3.8) is 0 Å². The molecule has 14 atom stereocenters. The van der Waals surface area contributed by atoms with Gasteiger partial charge in [0.15, 0.2) is 0 Å². The lowest BCUT2D eigenvalue weighted by Crippen LogP contribution is -2.61. The summed E-state index contributed by atoms with van der Waals surface area (Å²) in [6.45, 7) is 27.2. The van der Waals surface area contributed by atoms with E-state index in [0.29, 0.717) is 90.0 Å². The average Bonchev–Trinajstić information content (AvgIpc) is 0.857. The molecule has 0 aromatic heterocycles. The summed E-state index contributed by atoms with van der Waals surface area (Å²) in [5.41, 5.74) is 47.1. The van der Waals surface area contributed by atoms with Gasteiger partial charge in [0.2, 0.25) is 82.7 Å². The van der Waals surface area contributed by atoms with E-state index in [0.717, 1.165) is 0 Å². The minimum Gasteiger partial charge on any atom is -0.481 e. The minimum absolute atomic E-state index is 0.00607. The Morgan fingerprint density at radius 2 is 0.367 bits per heavy atom. The Labute approximate surface area is 713 Å². The molecule has 0 rings (SSSR count). The number of carboxylic acids is 1. The summed E-state index contributed by atoms with van der Waals surface area (Å²) in [7, 11) is 0. The van der Waals surface area contributed by atoms with E-state index < -0.39 is 186 Å². The molecule has 0 aliphatic heterocycles. The van der Waals surface area contributed by atoms with E-state index in [1.807, 2.05) is 55.4 Å². The molecule has 0 aromatic rings. The fraction of sp³-hybridized carbons (Fsp3) is 0.819. The molecule has 0 saturated heterocycles. The second-order valence-electron chi connectivity index (χ2n) is 34.9. The number of nitrogens with one attached hydrogen (secondary N) is 13. The van der Waals surface area contributed by atoms with Crippen LogP contribution in [0.5, 0.6) is 0 Å². The highest BCUT2D eigenvalue weighted by molar-refractivity contribution is 6.00. The number of carbonyl (C=O) groups excluding carboxylic acids is 14. The monoisotopic (exact) mass is 1710 g/mol. The van der Waals surface area contributed by atoms with Crippen LogP contribution >= 0.6 is 0 Å². The van der Waals surface area contributed by atoms with Gasteiger partial charge in [0, 0.05) is 6.42 Å². The van der Waals surface area contributed by atoms with Crippen LogP contribution in [-0.2, 0) is 71.9 Å². The third-order valence-electron chi connectivity index (χ3n) is 19.9. The Kier molecular flexibility index (Phi) is 58.5. The van der Waals surface area contributed by atoms with Gasteiger partial charge in [-0.15, -0.1) is 0 Å². The highest BCUT2D eigenvalue weighted by Gasteiger charge is 2.39. The molecule has 0 aromatic carbocycles. The maximum absolute atomic E-state index is 14.9. The van der Waals surface area contributed by atoms with E-state index in [-0.39, 0.29) is 151 Å². The first kappa shape index (κ1) is 112. The van der Waals surface area contributed by atoms with Crippen LogP contribution in [0.2, 0.25) is 0 Å². The Bertz CT molecular complexity index is 3110. The van der Waals surface area contributed by atoms with E-state index in [9.17, 15) is 77.0 Å². The van der Waals surface area contributed by atoms with Crippen molar-refractivity contribution in [2.75, 3.05) is 39.3 Å². The Hall–Kier alpha value is -8.23. The van der Waals surface area contributed by atoms with Crippen molar-refractivity contribution in [2.45, 2.75) is 355 Å². The molecule has 0 bridgehead atoms. The number of amides is 14. The third kappa shape index (κ3) is 49.0. The number of nitrogens with two attached hydrogens (primary N) is 8. The van der Waals surface area contributed by atoms with Gasteiger partial charge < -0.3 is 120 Å². The molecule has 0 unspecified atom stereocenters. The summed E-state index contributed by atoms with van der Waals surface area (Å²) in [4.78, 5) is 212. The summed E-state index contributed by atoms with van der Waals surface area (Å²) in [6.07, 6.45) is 4.93. The maximum Gasteiger partial charge on any atom is 0.303 e. The molecule has 30 N–H and O–H groups in total. The predicted octanol–water partition coefficient (Wildman–Crippen LogP) is 0.0629. The Morgan fingerprint density at radius 3 is 0.533 bits per heavy atom. The number of unbranched alkanes of at least 4 members (excludes halogenated alkanes) is 6. The zero-order valence-corrected chi connectivity index (χ0v) is 74.6. The first-order chi connectivity index (χ1) is 56.5. The lowest BCUT2D eigenvalue weighted by atomic mass is 9.98. The summed E-state index contributed by atoms with van der Waals surface area (Å²) in [6, 6.07) is -17.6. The number of aliphatic carboxylic acids is 1. The summed E-state index contributed by atoms with van der Waals surface area (Å²) in [5.74, 6) is -12.9. The molecular formula is C83H159N21O16. The van der Waals surface area contributed by atoms with Crippen molar-refractivity contribution in [2.24, 2.45) is 87.3 Å². The van der Waals surface area contributed by atoms with Crippen LogP contribution in [-0.4, -0.2) is 218 Å². The summed E-state index contributed by atoms with van der Waals surface area (Å²) < 4.78 is 0. The van der Waals surface area contributed by atoms with Gasteiger partial charge in [-0.1, -0.05) is 96.9 Å². The van der Waals surface area contributed by atoms with Crippen LogP contribution < -0.4 is 115 Å². The molecular weight excluding hydrogens is 1550 g/mol. The molecule has 0 saturated carbocycles. The van der Waals surface area contributed by atoms with Crippen molar-refractivity contribution in [1.82, 2.24) is 69.1 Å². The highest BCUT2D eigenvalue weighted by atomic mass is 16.4. The fourth-order valence-electron chi connectivity index (χ4n) is 13.5. The first-order valence-electron chi connectivity index (χ1n) is 43.9. The lowest BCUT2D eigenvalue weighted by Gasteiger charge is -2.30. The van der Waals surface area contributed by atoms with E-state index in [1.54, 1.807) is 41.5 Å². The topological polar surface area (TPSA) is 641 Å². The highest BCUT2D eigenvalue weighted by Crippen LogP contribution is 2.18. The van der Waals surface area contributed by atoms with Crippen molar-refractivity contribution in [3.8, 4) is 0 Å². The molecule has 37 nitrogen and oxygen atoms in total. The van der Waals surface area contributed by atoms with E-state index in [4.69, 9.17) is 45.9 Å². The van der Waals surface area contributed by atoms with Gasteiger partial charge in [0.05, 0.1) is 6.04 Å². The standard InChI is InChI=1S/C83H159N21O16/c1-48(2)41-55(90)71(108)100-64(43-50(5)6)79(116)95-57(28-16-22-36-85)73(110)93-60(31-19-25-39-88)76(113)101-67(46-53(11)12)83(120)104-66(45-52(9)10)81(118)97-59(30-18-24-38-87)74(111)94-61(32-20-26-40-89)77(114)102-68(47-54(13)14)82(119)103-65(44-51(7)8)80(117)96-58(29-17-23-37-86)72(109)92-56(27-15-21-35-84)75(112)98-62(33-34-69(105)106)78(115)99-63(70(91)107)42-49(3)4/h48-68H,15-47,84-90H2,1-14H3,(H2,91,107)(H,92,109)(H,93,110)(H,94,111)(H,95,116)(H,96,117)(H,97,118)(H,98,112)(H,99,115)(H,100,108)(H,101,113)(H,102,114)(H,103,119)(H,104,120)(H,105,106)/t55-,56-,57-,58-,59-,60-,61-,62-,63-,64-,65-,66-,67-,68-/m0/s1. The predicted molar refractivity (Wildman–Crippen MR) is 463 cm³/mol. The fourth-order valence-corrected chi connectivity index (χ4v) is 13.5. The van der Waals surface area contributed by atoms with Crippen molar-refractivity contribution >= 4 is 88.7 Å². The zero-order valence-electron chi connectivity index (χ0n) is 74.6. The van der Waals surface area contributed by atoms with E-state index in [2.05, 4.69) is 69.1 Å². The summed E-state index contributed by atoms with van der Waals surface area (Å²) >= 11 is 0. The number of hydrogen-bond acceptors (Lipinski definition) is 22. The van der Waals surface area contributed by atoms with Crippen LogP contribution in [0.1, 0.15) is 270 Å². The van der Waals surface area contributed by atoms with Gasteiger partial charge in [0.1, 0.15) is 78.5 Å². The van der Waals surface area contributed by atoms with Gasteiger partial charge in [-0.3, -0.25) is 71.9 Å². The van der Waals surface area contributed by atoms with Gasteiger partial charge in [0.25, 0.3) is 0 Å². The van der Waals surface area contributed by atoms with Gasteiger partial charge in [-0.25, -0.2) is 0 Å². The molecule has 14 amide bonds. The second kappa shape index (κ2) is 62.8. The lowest BCUT2D eigenvalue weighted by molar-refractivity contribution is -0.138. The molecule has 0 aliphatic carbocycles. The van der Waals surface area contributed by atoms with Crippen LogP contribution in [0.25, 0.3) is 0 Å². The average molecular weight is 1710 g/mol. The van der Waals surface area contributed by atoms with Crippen LogP contribution in [0.15, 0.2) is 0 Å². The van der Waals surface area contributed by atoms with Gasteiger partial charge in [-0.2, -0.15) is 0 Å². The largest absolute Gasteiger partial charge is 0.481 e. The Balaban J connectivity index is 7.43. The number of hydrogen-bond donors (Lipinski definition) is 22. The number of carboxylic acid groups (broad SMARTS) is 1. The Morgan fingerprint density at radius 1 is 0.217 bits per heavy atom. The van der Waals surface area contributed by atoms with Crippen LogP contribution in [0.4, 0.5) is 0 Å². The van der Waals surface area contributed by atoms with Gasteiger partial charge >= 0.3 is 5.97 Å². The molecule has 0 heterocycles. The minimum atomic E-state index is -1.49. The molecule has 0 radical (unpaired) electrons. The van der Waals surface area contributed by atoms with Crippen molar-refractivity contribution in [1.29, 1.82) is 0 Å². The third-order valence-corrected chi connectivity index (χ3v) is 19.9. The molecule has 120 heavy (non-hydrogen) atoms. The number of primary amides is 1. The number of carbonyl (C=O) groups is 15. The second-order valence-corrected chi connectivity index (χ2v) is 34.9. The van der Waals surface area contributed by atoms with Crippen LogP contribution in [0.3, 0.4) is 0 Å². The molecule has 37 heteroatoms. The summed E-state index contributed by atoms with van der Waals surface area (Å²) in [5, 5.41) is 45.5. The number of rotatable bonds is 68. The molecule has 0 fully saturated rings. The van der Waals surface area contributed by atoms with E-state index >= 15 is 0 Å². The van der Waals surface area contributed by atoms with Crippen LogP contribution in [0, 0.1) is 41.4 Å². The van der Waals surface area contributed by atoms with E-state index in [1.165, 1.54) is 0 Å². The van der Waals surface area contributed by atoms with Crippen molar-refractivity contribution in [3.05, 3.63) is 0 Å². The zero-order chi connectivity index (χ0) is 91.3. The smallest absolute Gasteiger partial charge is 0.303 e. The first-order valence-corrected chi connectivity index (χ1v) is 43.9. The van der Waals surface area contributed by atoms with Crippen molar-refractivity contribution < 1.29 is 77.0 Å². The quantitative estimate of drug-likeness (QED) is 0.0358. The van der Waals surface area contributed by atoms with Gasteiger partial charge in [-0.05, 0) is 248 Å². The normalized spacial score (nSPS) is 15.1. The maximum atomic E-state index is 14.9. The molecule has 0 aliphatic rings. The molecule has 0 spiro atoms. The molecule has 692 valence electrons.